The zero-order valence-electron chi connectivity index (χ0n) is 17.0. The lowest BCUT2D eigenvalue weighted by Gasteiger charge is -2.22. The van der Waals surface area contributed by atoms with Crippen LogP contribution in [-0.4, -0.2) is 66.5 Å². The topological polar surface area (TPSA) is 215 Å². The third-order valence-electron chi connectivity index (χ3n) is 4.13. The summed E-state index contributed by atoms with van der Waals surface area (Å²) in [6, 6.07) is 6.66. The molecule has 10 N–H and O–H groups in total. The molecule has 1 aromatic rings. The normalized spacial score (nSPS) is 12.2. The Balaban J connectivity index is 2.82. The maximum absolute atomic E-state index is 12.8. The summed E-state index contributed by atoms with van der Waals surface area (Å²) in [7, 11) is 0. The van der Waals surface area contributed by atoms with Crippen LogP contribution in [0.2, 0.25) is 0 Å². The van der Waals surface area contributed by atoms with Crippen molar-refractivity contribution in [3.05, 3.63) is 35.9 Å². The van der Waals surface area contributed by atoms with Gasteiger partial charge < -0.3 is 38.3 Å². The van der Waals surface area contributed by atoms with Gasteiger partial charge in [-0.05, 0) is 18.4 Å². The summed E-state index contributed by atoms with van der Waals surface area (Å²) in [5.74, 6) is -3.14. The molecule has 0 bridgehead atoms. The molecule has 1 aromatic carbocycles. The summed E-state index contributed by atoms with van der Waals surface area (Å²) in [5, 5.41) is 16.7. The van der Waals surface area contributed by atoms with Crippen LogP contribution in [0.5, 0.6) is 0 Å². The van der Waals surface area contributed by atoms with Crippen molar-refractivity contribution in [3.8, 4) is 0 Å². The summed E-state index contributed by atoms with van der Waals surface area (Å²) in [4.78, 5) is 51.5. The maximum Gasteiger partial charge on any atom is 0.326 e. The first-order valence-corrected chi connectivity index (χ1v) is 9.61. The molecule has 0 fully saturated rings. The van der Waals surface area contributed by atoms with E-state index in [4.69, 9.17) is 17.2 Å². The SMILES string of the molecule is NCC(=O)NCC(=O)N[C@@H](Cc1ccccc1)C(=O)N[C@@H](CCCN=C(N)N)C(=O)O. The summed E-state index contributed by atoms with van der Waals surface area (Å²) in [6.45, 7) is -0.427. The van der Waals surface area contributed by atoms with E-state index >= 15 is 0 Å². The number of carboxylic acids is 1. The van der Waals surface area contributed by atoms with Crippen LogP contribution in [0, 0.1) is 0 Å². The molecule has 31 heavy (non-hydrogen) atoms. The number of nitrogens with zero attached hydrogens (tertiary/aromatic N) is 1. The van der Waals surface area contributed by atoms with Gasteiger partial charge in [0.2, 0.25) is 17.7 Å². The van der Waals surface area contributed by atoms with Crippen molar-refractivity contribution in [3.63, 3.8) is 0 Å². The van der Waals surface area contributed by atoms with Gasteiger partial charge in [0.05, 0.1) is 13.1 Å². The molecule has 170 valence electrons. The Labute approximate surface area is 179 Å². The second-order valence-electron chi connectivity index (χ2n) is 6.64. The van der Waals surface area contributed by atoms with Crippen molar-refractivity contribution in [2.24, 2.45) is 22.2 Å². The van der Waals surface area contributed by atoms with Crippen LogP contribution in [0.1, 0.15) is 18.4 Å². The van der Waals surface area contributed by atoms with Gasteiger partial charge >= 0.3 is 5.97 Å². The largest absolute Gasteiger partial charge is 0.480 e. The van der Waals surface area contributed by atoms with E-state index in [2.05, 4.69) is 20.9 Å². The summed E-state index contributed by atoms with van der Waals surface area (Å²) in [6.07, 6.45) is 0.552. The van der Waals surface area contributed by atoms with Gasteiger partial charge in [-0.25, -0.2) is 4.79 Å². The van der Waals surface area contributed by atoms with Crippen LogP contribution < -0.4 is 33.2 Å². The van der Waals surface area contributed by atoms with Crippen molar-refractivity contribution in [2.45, 2.75) is 31.3 Å². The number of carbonyl (C=O) groups is 4. The van der Waals surface area contributed by atoms with Crippen LogP contribution in [0.4, 0.5) is 0 Å². The number of aliphatic imine (C=N–C) groups is 1. The molecule has 0 heterocycles. The predicted molar refractivity (Wildman–Crippen MR) is 114 cm³/mol. The molecule has 0 saturated carbocycles. The number of rotatable bonds is 13. The number of benzene rings is 1. The zero-order valence-corrected chi connectivity index (χ0v) is 17.0. The van der Waals surface area contributed by atoms with Crippen molar-refractivity contribution in [1.29, 1.82) is 0 Å². The molecular formula is C19H29N7O5. The van der Waals surface area contributed by atoms with Gasteiger partial charge in [-0.15, -0.1) is 0 Å². The molecule has 3 amide bonds. The van der Waals surface area contributed by atoms with Crippen LogP contribution >= 0.6 is 0 Å². The van der Waals surface area contributed by atoms with E-state index in [9.17, 15) is 24.3 Å². The van der Waals surface area contributed by atoms with Gasteiger partial charge in [-0.1, -0.05) is 30.3 Å². The molecule has 0 aromatic heterocycles. The number of amides is 3. The number of carboxylic acid groups (broad SMARTS) is 1. The van der Waals surface area contributed by atoms with Crippen molar-refractivity contribution >= 4 is 29.7 Å². The first kappa shape index (κ1) is 25.4. The van der Waals surface area contributed by atoms with Crippen molar-refractivity contribution < 1.29 is 24.3 Å². The number of guanidine groups is 1. The molecule has 12 heteroatoms. The van der Waals surface area contributed by atoms with E-state index in [1.54, 1.807) is 30.3 Å². The van der Waals surface area contributed by atoms with E-state index in [0.717, 1.165) is 5.56 Å². The van der Waals surface area contributed by atoms with Gasteiger partial charge in [0.15, 0.2) is 5.96 Å². The van der Waals surface area contributed by atoms with Gasteiger partial charge in [-0.3, -0.25) is 19.4 Å². The summed E-state index contributed by atoms with van der Waals surface area (Å²) < 4.78 is 0. The Bertz CT molecular complexity index is 781. The van der Waals surface area contributed by atoms with E-state index in [-0.39, 0.29) is 38.4 Å². The molecule has 0 radical (unpaired) electrons. The molecule has 0 aliphatic carbocycles. The Morgan fingerprint density at radius 1 is 1.00 bits per heavy atom. The minimum atomic E-state index is -1.22. The lowest BCUT2D eigenvalue weighted by molar-refractivity contribution is -0.142. The van der Waals surface area contributed by atoms with Crippen LogP contribution in [0.25, 0.3) is 0 Å². The first-order valence-electron chi connectivity index (χ1n) is 9.61. The molecule has 1 rings (SSSR count). The molecule has 0 saturated heterocycles. The fourth-order valence-corrected chi connectivity index (χ4v) is 2.59. The molecular weight excluding hydrogens is 406 g/mol. The minimum absolute atomic E-state index is 0.0937. The van der Waals surface area contributed by atoms with Crippen molar-refractivity contribution in [1.82, 2.24) is 16.0 Å². The molecule has 2 atom stereocenters. The quantitative estimate of drug-likeness (QED) is 0.0988. The smallest absolute Gasteiger partial charge is 0.326 e. The highest BCUT2D eigenvalue weighted by molar-refractivity contribution is 5.92. The third kappa shape index (κ3) is 10.6. The molecule has 0 aliphatic rings. The Morgan fingerprint density at radius 2 is 1.68 bits per heavy atom. The average Bonchev–Trinajstić information content (AvgIpc) is 2.73. The number of carbonyl (C=O) groups excluding carboxylic acids is 3. The second kappa shape index (κ2) is 13.5. The lowest BCUT2D eigenvalue weighted by Crippen LogP contribution is -2.54. The highest BCUT2D eigenvalue weighted by atomic mass is 16.4. The molecule has 0 unspecified atom stereocenters. The predicted octanol–water partition coefficient (Wildman–Crippen LogP) is -2.59. The second-order valence-corrected chi connectivity index (χ2v) is 6.64. The standard InChI is InChI=1S/C19H29N7O5/c20-10-15(27)24-11-16(28)25-14(9-12-5-2-1-3-6-12)17(29)26-13(18(30)31)7-4-8-23-19(21)22/h1-3,5-6,13-14H,4,7-11,20H2,(H,24,27)(H,25,28)(H,26,29)(H,30,31)(H4,21,22,23)/t13-,14-/m0/s1. The average molecular weight is 435 g/mol. The van der Waals surface area contributed by atoms with Gasteiger partial charge in [0.1, 0.15) is 12.1 Å². The van der Waals surface area contributed by atoms with Crippen LogP contribution in [0.3, 0.4) is 0 Å². The molecule has 0 aliphatic heterocycles. The number of aliphatic carboxylic acids is 1. The lowest BCUT2D eigenvalue weighted by atomic mass is 10.0. The molecule has 12 nitrogen and oxygen atoms in total. The Hall–Kier alpha value is -3.67. The van der Waals surface area contributed by atoms with Gasteiger partial charge in [-0.2, -0.15) is 0 Å². The number of hydrogen-bond acceptors (Lipinski definition) is 6. The number of nitrogens with one attached hydrogen (secondary N) is 3. The van der Waals surface area contributed by atoms with Crippen LogP contribution in [-0.2, 0) is 25.6 Å². The van der Waals surface area contributed by atoms with E-state index < -0.39 is 35.8 Å². The zero-order chi connectivity index (χ0) is 23.2. The monoisotopic (exact) mass is 435 g/mol. The fraction of sp³-hybridized carbons (Fsp3) is 0.421. The van der Waals surface area contributed by atoms with Crippen molar-refractivity contribution in [2.75, 3.05) is 19.6 Å². The van der Waals surface area contributed by atoms with E-state index in [1.807, 2.05) is 0 Å². The van der Waals surface area contributed by atoms with Gasteiger partial charge in [0.25, 0.3) is 0 Å². The highest BCUT2D eigenvalue weighted by Gasteiger charge is 2.26. The number of hydrogen-bond donors (Lipinski definition) is 7. The Kier molecular flexibility index (Phi) is 11.1. The molecule has 0 spiro atoms. The third-order valence-corrected chi connectivity index (χ3v) is 4.13. The summed E-state index contributed by atoms with van der Waals surface area (Å²) in [5.41, 5.74) is 16.4. The first-order chi connectivity index (χ1) is 14.7. The van der Waals surface area contributed by atoms with E-state index in [1.165, 1.54) is 0 Å². The Morgan fingerprint density at radius 3 is 2.26 bits per heavy atom. The minimum Gasteiger partial charge on any atom is -0.480 e. The number of nitrogens with two attached hydrogens (primary N) is 3. The van der Waals surface area contributed by atoms with Crippen LogP contribution in [0.15, 0.2) is 35.3 Å². The maximum atomic E-state index is 12.8. The highest BCUT2D eigenvalue weighted by Crippen LogP contribution is 2.05. The summed E-state index contributed by atoms with van der Waals surface area (Å²) >= 11 is 0. The van der Waals surface area contributed by atoms with E-state index in [0.29, 0.717) is 6.42 Å². The fourth-order valence-electron chi connectivity index (χ4n) is 2.59. The van der Waals surface area contributed by atoms with Gasteiger partial charge in [0, 0.05) is 13.0 Å².